The van der Waals surface area contributed by atoms with Crippen LogP contribution in [-0.4, -0.2) is 12.7 Å². The van der Waals surface area contributed by atoms with Crippen molar-refractivity contribution < 1.29 is 4.74 Å². The Labute approximate surface area is 74.5 Å². The van der Waals surface area contributed by atoms with Crippen LogP contribution in [0, 0.1) is 17.2 Å². The Kier molecular flexibility index (Phi) is 4.10. The van der Waals surface area contributed by atoms with Crippen molar-refractivity contribution in [1.82, 2.24) is 0 Å². The van der Waals surface area contributed by atoms with Crippen LogP contribution in [0.1, 0.15) is 39.0 Å². The van der Waals surface area contributed by atoms with Crippen LogP contribution in [0.25, 0.3) is 0 Å². The molecule has 0 bridgehead atoms. The van der Waals surface area contributed by atoms with E-state index in [-0.39, 0.29) is 6.61 Å². The number of nitriles is 1. The molecule has 68 valence electrons. The van der Waals surface area contributed by atoms with Crippen LogP contribution < -0.4 is 0 Å². The summed E-state index contributed by atoms with van der Waals surface area (Å²) in [6.07, 6.45) is 6.56. The molecule has 0 aromatic carbocycles. The van der Waals surface area contributed by atoms with Gasteiger partial charge in [0.2, 0.25) is 0 Å². The summed E-state index contributed by atoms with van der Waals surface area (Å²) < 4.78 is 5.40. The van der Waals surface area contributed by atoms with E-state index in [1.807, 2.05) is 6.07 Å². The van der Waals surface area contributed by atoms with Crippen LogP contribution in [0.5, 0.6) is 0 Å². The summed E-state index contributed by atoms with van der Waals surface area (Å²) in [6, 6.07) is 2.03. The second-order valence-electron chi connectivity index (χ2n) is 3.53. The fourth-order valence-corrected chi connectivity index (χ4v) is 1.92. The molecule has 1 rings (SSSR count). The van der Waals surface area contributed by atoms with Crippen LogP contribution in [0.2, 0.25) is 0 Å². The monoisotopic (exact) mass is 167 g/mol. The predicted octanol–water partition coefficient (Wildman–Crippen LogP) is 2.50. The molecule has 0 aromatic heterocycles. The smallest absolute Gasteiger partial charge is 0.134 e. The molecule has 2 unspecified atom stereocenters. The molecule has 12 heavy (non-hydrogen) atoms. The average Bonchev–Trinajstić information content (AvgIpc) is 2.15. The first-order valence-electron chi connectivity index (χ1n) is 4.85. The molecule has 1 aliphatic rings. The lowest BCUT2D eigenvalue weighted by Crippen LogP contribution is -2.22. The summed E-state index contributed by atoms with van der Waals surface area (Å²) in [6.45, 7) is 2.50. The Morgan fingerprint density at radius 2 is 2.33 bits per heavy atom. The summed E-state index contributed by atoms with van der Waals surface area (Å²) in [5.74, 6) is 0.836. The molecule has 0 spiro atoms. The zero-order valence-corrected chi connectivity index (χ0v) is 7.75. The summed E-state index contributed by atoms with van der Waals surface area (Å²) in [5, 5.41) is 8.34. The van der Waals surface area contributed by atoms with Crippen molar-refractivity contribution in [2.24, 2.45) is 5.92 Å². The van der Waals surface area contributed by atoms with Gasteiger partial charge in [0.05, 0.1) is 12.2 Å². The minimum absolute atomic E-state index is 0.265. The second-order valence-corrected chi connectivity index (χ2v) is 3.53. The van der Waals surface area contributed by atoms with E-state index in [4.69, 9.17) is 10.00 Å². The minimum Gasteiger partial charge on any atom is -0.363 e. The lowest BCUT2D eigenvalue weighted by molar-refractivity contribution is 0.0307. The molecule has 0 heterocycles. The van der Waals surface area contributed by atoms with Gasteiger partial charge >= 0.3 is 0 Å². The van der Waals surface area contributed by atoms with Crippen molar-refractivity contribution in [2.75, 3.05) is 6.61 Å². The Hall–Kier alpha value is -0.550. The summed E-state index contributed by atoms with van der Waals surface area (Å²) >= 11 is 0. The molecule has 2 nitrogen and oxygen atoms in total. The highest BCUT2D eigenvalue weighted by molar-refractivity contribution is 4.75. The van der Waals surface area contributed by atoms with E-state index in [1.54, 1.807) is 0 Å². The summed E-state index contributed by atoms with van der Waals surface area (Å²) in [5.41, 5.74) is 0. The van der Waals surface area contributed by atoms with E-state index in [0.717, 1.165) is 18.8 Å². The van der Waals surface area contributed by atoms with E-state index in [0.29, 0.717) is 6.10 Å². The number of ether oxygens (including phenoxy) is 1. The van der Waals surface area contributed by atoms with E-state index >= 15 is 0 Å². The Balaban J connectivity index is 2.22. The van der Waals surface area contributed by atoms with Gasteiger partial charge in [0, 0.05) is 0 Å². The molecule has 0 N–H and O–H groups in total. The lowest BCUT2D eigenvalue weighted by Gasteiger charge is -2.27. The molecule has 0 aromatic rings. The van der Waals surface area contributed by atoms with Gasteiger partial charge in [0.15, 0.2) is 0 Å². The van der Waals surface area contributed by atoms with E-state index < -0.39 is 0 Å². The Morgan fingerprint density at radius 1 is 1.50 bits per heavy atom. The summed E-state index contributed by atoms with van der Waals surface area (Å²) in [4.78, 5) is 0. The highest BCUT2D eigenvalue weighted by Gasteiger charge is 2.20. The van der Waals surface area contributed by atoms with Crippen molar-refractivity contribution in [2.45, 2.75) is 45.1 Å². The predicted molar refractivity (Wildman–Crippen MR) is 47.6 cm³/mol. The van der Waals surface area contributed by atoms with Gasteiger partial charge in [0.25, 0.3) is 0 Å². The first-order valence-corrected chi connectivity index (χ1v) is 4.85. The molecule has 1 saturated carbocycles. The fraction of sp³-hybridized carbons (Fsp3) is 0.900. The highest BCUT2D eigenvalue weighted by atomic mass is 16.5. The third-order valence-corrected chi connectivity index (χ3v) is 2.70. The van der Waals surface area contributed by atoms with Crippen LogP contribution in [0.4, 0.5) is 0 Å². The van der Waals surface area contributed by atoms with Gasteiger partial charge in [-0.25, -0.2) is 0 Å². The topological polar surface area (TPSA) is 33.0 Å². The van der Waals surface area contributed by atoms with Gasteiger partial charge in [-0.1, -0.05) is 26.2 Å². The fourth-order valence-electron chi connectivity index (χ4n) is 1.92. The number of hydrogen-bond acceptors (Lipinski definition) is 2. The molecule has 2 atom stereocenters. The van der Waals surface area contributed by atoms with Crippen molar-refractivity contribution in [1.29, 1.82) is 5.26 Å². The first-order chi connectivity index (χ1) is 5.86. The largest absolute Gasteiger partial charge is 0.363 e. The maximum atomic E-state index is 8.34. The van der Waals surface area contributed by atoms with Gasteiger partial charge in [0.1, 0.15) is 6.61 Å². The minimum atomic E-state index is 0.265. The molecule has 0 saturated heterocycles. The zero-order valence-electron chi connectivity index (χ0n) is 7.75. The first kappa shape index (κ1) is 9.54. The van der Waals surface area contributed by atoms with Gasteiger partial charge in [-0.05, 0) is 18.8 Å². The third kappa shape index (κ3) is 2.83. The average molecular weight is 167 g/mol. The van der Waals surface area contributed by atoms with Gasteiger partial charge < -0.3 is 4.74 Å². The maximum Gasteiger partial charge on any atom is 0.134 e. The molecule has 0 aliphatic heterocycles. The highest BCUT2D eigenvalue weighted by Crippen LogP contribution is 2.28. The number of rotatable bonds is 3. The molecule has 0 radical (unpaired) electrons. The van der Waals surface area contributed by atoms with Crippen LogP contribution in [-0.2, 0) is 4.74 Å². The van der Waals surface area contributed by atoms with Crippen LogP contribution in [0.3, 0.4) is 0 Å². The molecule has 1 fully saturated rings. The van der Waals surface area contributed by atoms with Gasteiger partial charge in [-0.15, -0.1) is 0 Å². The van der Waals surface area contributed by atoms with Crippen LogP contribution in [0.15, 0.2) is 0 Å². The standard InChI is InChI=1S/C10H17NO/c1-2-9-4-3-5-10(8-9)12-7-6-11/h9-10H,2-5,7-8H2,1H3. The maximum absolute atomic E-state index is 8.34. The van der Waals surface area contributed by atoms with E-state index in [2.05, 4.69) is 6.92 Å². The second kappa shape index (κ2) is 5.16. The molecular formula is C10H17NO. The SMILES string of the molecule is CCC1CCCC(OCC#N)C1. The van der Waals surface area contributed by atoms with Crippen molar-refractivity contribution >= 4 is 0 Å². The van der Waals surface area contributed by atoms with Crippen molar-refractivity contribution in [3.8, 4) is 6.07 Å². The van der Waals surface area contributed by atoms with E-state index in [1.165, 1.54) is 19.3 Å². The van der Waals surface area contributed by atoms with Gasteiger partial charge in [-0.2, -0.15) is 5.26 Å². The van der Waals surface area contributed by atoms with Crippen LogP contribution >= 0.6 is 0 Å². The molecule has 1 aliphatic carbocycles. The van der Waals surface area contributed by atoms with Gasteiger partial charge in [-0.3, -0.25) is 0 Å². The zero-order chi connectivity index (χ0) is 8.81. The number of hydrogen-bond donors (Lipinski definition) is 0. The Morgan fingerprint density at radius 3 is 3.00 bits per heavy atom. The lowest BCUT2D eigenvalue weighted by atomic mass is 9.85. The molecule has 0 amide bonds. The normalized spacial score (nSPS) is 29.7. The molecular weight excluding hydrogens is 150 g/mol. The van der Waals surface area contributed by atoms with Crippen molar-refractivity contribution in [3.05, 3.63) is 0 Å². The van der Waals surface area contributed by atoms with E-state index in [9.17, 15) is 0 Å². The van der Waals surface area contributed by atoms with Crippen molar-refractivity contribution in [3.63, 3.8) is 0 Å². The Bertz CT molecular complexity index is 162. The molecule has 2 heteroatoms. The number of nitrogens with zero attached hydrogens (tertiary/aromatic N) is 1. The third-order valence-electron chi connectivity index (χ3n) is 2.70. The quantitative estimate of drug-likeness (QED) is 0.647. The summed E-state index contributed by atoms with van der Waals surface area (Å²) in [7, 11) is 0.